The fraction of sp³-hybridized carbons (Fsp3) is 0.0986. The Balaban J connectivity index is 1.13. The van der Waals surface area contributed by atoms with Crippen LogP contribution in [0.4, 0.5) is 17.6 Å². The maximum absolute atomic E-state index is 5.55. The van der Waals surface area contributed by atoms with E-state index in [9.17, 15) is 0 Å². The fourth-order valence-corrected chi connectivity index (χ4v) is 11.3. The Kier molecular flexibility index (Phi) is 13.3. The first kappa shape index (κ1) is 49.2. The molecule has 12 rings (SSSR count). The van der Waals surface area contributed by atoms with Crippen molar-refractivity contribution in [3.05, 3.63) is 281 Å². The van der Waals surface area contributed by atoms with E-state index in [1.807, 2.05) is 77.7 Å². The highest BCUT2D eigenvalue weighted by atomic mass is 15.4. The lowest BCUT2D eigenvalue weighted by molar-refractivity contribution is 0.917. The minimum absolute atomic E-state index is 0.0446. The third kappa shape index (κ3) is 9.86. The summed E-state index contributed by atoms with van der Waals surface area (Å²) in [5.74, 6) is 2.68. The smallest absolute Gasteiger partial charge is 0.241 e. The molecule has 7 nitrogen and oxygen atoms in total. The van der Waals surface area contributed by atoms with Gasteiger partial charge in [0.1, 0.15) is 0 Å². The predicted octanol–water partition coefficient (Wildman–Crippen LogP) is 17.7. The van der Waals surface area contributed by atoms with Gasteiger partial charge in [-0.2, -0.15) is 19.9 Å². The molecule has 7 heteroatoms. The lowest BCUT2D eigenvalue weighted by Gasteiger charge is -2.28. The highest BCUT2D eigenvalue weighted by Gasteiger charge is 2.28. The van der Waals surface area contributed by atoms with Gasteiger partial charge in [0, 0.05) is 28.2 Å². The lowest BCUT2D eigenvalue weighted by atomic mass is 9.77. The predicted molar refractivity (Wildman–Crippen MR) is 320 cm³/mol. The second kappa shape index (κ2) is 21.1. The monoisotopic (exact) mass is 1010 g/mol. The van der Waals surface area contributed by atoms with Crippen molar-refractivity contribution in [3.8, 4) is 67.8 Å². The molecule has 2 heterocycles. The summed E-state index contributed by atoms with van der Waals surface area (Å²) >= 11 is 0. The minimum Gasteiger partial charge on any atom is -0.246 e. The van der Waals surface area contributed by atoms with Gasteiger partial charge in [-0.25, -0.2) is 14.9 Å². The Morgan fingerprint density at radius 1 is 0.295 bits per heavy atom. The highest BCUT2D eigenvalue weighted by Crippen LogP contribution is 2.43. The van der Waals surface area contributed by atoms with Gasteiger partial charge in [-0.15, -0.1) is 0 Å². The van der Waals surface area contributed by atoms with Crippen molar-refractivity contribution in [3.63, 3.8) is 0 Å². The van der Waals surface area contributed by atoms with Crippen LogP contribution < -0.4 is 4.90 Å². The summed E-state index contributed by atoms with van der Waals surface area (Å²) < 4.78 is 0. The zero-order valence-corrected chi connectivity index (χ0v) is 44.6. The molecular weight excluding hydrogens is 951 g/mol. The largest absolute Gasteiger partial charge is 0.246 e. The minimum atomic E-state index is -0.0446. The number of anilines is 3. The summed E-state index contributed by atoms with van der Waals surface area (Å²) in [5, 5.41) is 2.19. The van der Waals surface area contributed by atoms with Gasteiger partial charge >= 0.3 is 0 Å². The molecule has 10 aromatic carbocycles. The molecule has 0 atom stereocenters. The third-order valence-corrected chi connectivity index (χ3v) is 14.7. The van der Waals surface area contributed by atoms with Crippen LogP contribution in [-0.2, 0) is 0 Å². The van der Waals surface area contributed by atoms with Gasteiger partial charge in [0.2, 0.25) is 11.9 Å². The van der Waals surface area contributed by atoms with E-state index in [1.54, 1.807) is 0 Å². The van der Waals surface area contributed by atoms with Crippen molar-refractivity contribution >= 4 is 28.4 Å². The van der Waals surface area contributed by atoms with Crippen molar-refractivity contribution in [2.24, 2.45) is 0 Å². The average Bonchev–Trinajstić information content (AvgIpc) is 3.47. The first-order chi connectivity index (χ1) is 38.1. The van der Waals surface area contributed by atoms with Crippen molar-refractivity contribution in [1.82, 2.24) is 29.9 Å². The maximum Gasteiger partial charge on any atom is 0.241 e. The van der Waals surface area contributed by atoms with Gasteiger partial charge < -0.3 is 0 Å². The molecule has 0 amide bonds. The number of aryl methyl sites for hydroxylation is 6. The molecule has 0 saturated carbocycles. The van der Waals surface area contributed by atoms with Crippen LogP contribution in [0.15, 0.2) is 231 Å². The van der Waals surface area contributed by atoms with E-state index in [0.29, 0.717) is 35.2 Å². The standard InChI is InChI=1S/C71H57N7/c1-45-38-47(3)63(48(4)39-45)65(64-49(5)40-46(2)41-50(64)6)53-34-36-60(37-35-53)78(70-74-66(54-26-15-9-16-27-54)72-68(76-70)59-33-21-32-56(42-59)51-22-11-7-12-23-51)71-75-67(55-28-17-10-18-29-55)73-69(77-71)62-44-58-31-20-19-30-57(58)43-61(62)52-24-13-8-14-25-52/h7-44,65H,1-6H3. The molecule has 0 spiro atoms. The molecule has 2 aromatic heterocycles. The van der Waals surface area contributed by atoms with E-state index in [2.05, 4.69) is 199 Å². The van der Waals surface area contributed by atoms with Crippen LogP contribution >= 0.6 is 0 Å². The molecule has 0 bridgehead atoms. The molecule has 0 fully saturated rings. The Morgan fingerprint density at radius 2 is 0.679 bits per heavy atom. The first-order valence-electron chi connectivity index (χ1n) is 26.5. The summed E-state index contributed by atoms with van der Waals surface area (Å²) in [6.45, 7) is 13.3. The number of rotatable bonds is 12. The van der Waals surface area contributed by atoms with Crippen LogP contribution in [0.1, 0.15) is 56.0 Å². The van der Waals surface area contributed by atoms with E-state index in [4.69, 9.17) is 29.9 Å². The Morgan fingerprint density at radius 3 is 1.18 bits per heavy atom. The van der Waals surface area contributed by atoms with Gasteiger partial charge in [0.05, 0.1) is 5.69 Å². The van der Waals surface area contributed by atoms with Crippen LogP contribution in [0.3, 0.4) is 0 Å². The second-order valence-corrected chi connectivity index (χ2v) is 20.3. The van der Waals surface area contributed by atoms with E-state index in [-0.39, 0.29) is 5.92 Å². The number of hydrogen-bond acceptors (Lipinski definition) is 7. The molecule has 0 aliphatic carbocycles. The summed E-state index contributed by atoms with van der Waals surface area (Å²) in [7, 11) is 0. The fourth-order valence-electron chi connectivity index (χ4n) is 11.3. The van der Waals surface area contributed by atoms with Crippen LogP contribution in [0.25, 0.3) is 78.6 Å². The Bertz CT molecular complexity index is 4040. The average molecular weight is 1010 g/mol. The number of nitrogens with zero attached hydrogens (tertiary/aromatic N) is 7. The molecule has 0 aliphatic heterocycles. The van der Waals surface area contributed by atoms with Crippen LogP contribution in [0, 0.1) is 41.5 Å². The molecule has 78 heavy (non-hydrogen) atoms. The number of aromatic nitrogens is 6. The number of benzene rings is 10. The van der Waals surface area contributed by atoms with Crippen molar-refractivity contribution in [2.45, 2.75) is 47.5 Å². The zero-order chi connectivity index (χ0) is 53.3. The van der Waals surface area contributed by atoms with Crippen molar-refractivity contribution in [1.29, 1.82) is 0 Å². The van der Waals surface area contributed by atoms with Crippen molar-refractivity contribution in [2.75, 3.05) is 4.90 Å². The van der Waals surface area contributed by atoms with Crippen LogP contribution in [0.2, 0.25) is 0 Å². The SMILES string of the molecule is Cc1cc(C)c(C(c2ccc(N(c3nc(-c4ccccc4)nc(-c4cccc(-c5ccccc5)c4)n3)c3nc(-c4ccccc4)nc(-c4cc5ccccc5cc4-c4ccccc4)n3)cc2)c2c(C)cc(C)cc2C)c(C)c1. The number of hydrogen-bond donors (Lipinski definition) is 0. The van der Waals surface area contributed by atoms with Crippen LogP contribution in [-0.4, -0.2) is 29.9 Å². The summed E-state index contributed by atoms with van der Waals surface area (Å²) in [6.07, 6.45) is 0. The molecule has 0 unspecified atom stereocenters. The molecule has 0 saturated heterocycles. The molecular formula is C71H57N7. The normalized spacial score (nSPS) is 11.3. The van der Waals surface area contributed by atoms with Gasteiger partial charge in [0.25, 0.3) is 0 Å². The molecule has 12 aromatic rings. The van der Waals surface area contributed by atoms with Gasteiger partial charge in [-0.1, -0.05) is 211 Å². The maximum atomic E-state index is 5.55. The molecule has 0 N–H and O–H groups in total. The molecule has 0 radical (unpaired) electrons. The van der Waals surface area contributed by atoms with Crippen molar-refractivity contribution < 1.29 is 0 Å². The number of fused-ring (bicyclic) bond motifs is 1. The molecule has 0 aliphatic rings. The third-order valence-electron chi connectivity index (χ3n) is 14.7. The van der Waals surface area contributed by atoms with Gasteiger partial charge in [-0.3, -0.25) is 0 Å². The first-order valence-corrected chi connectivity index (χ1v) is 26.5. The Labute approximate surface area is 456 Å². The van der Waals surface area contributed by atoms with E-state index >= 15 is 0 Å². The zero-order valence-electron chi connectivity index (χ0n) is 44.6. The Hall–Kier alpha value is -9.72. The summed E-state index contributed by atoms with van der Waals surface area (Å²) in [6, 6.07) is 80.4. The van der Waals surface area contributed by atoms with E-state index in [0.717, 1.165) is 66.5 Å². The highest BCUT2D eigenvalue weighted by molar-refractivity contribution is 5.95. The lowest BCUT2D eigenvalue weighted by Crippen LogP contribution is -2.19. The summed E-state index contributed by atoms with van der Waals surface area (Å²) in [4.78, 5) is 34.4. The topological polar surface area (TPSA) is 80.6 Å². The van der Waals surface area contributed by atoms with E-state index < -0.39 is 0 Å². The second-order valence-electron chi connectivity index (χ2n) is 20.3. The summed E-state index contributed by atoms with van der Waals surface area (Å²) in [5.41, 5.74) is 19.7. The molecule has 376 valence electrons. The van der Waals surface area contributed by atoms with Crippen LogP contribution in [0.5, 0.6) is 0 Å². The quantitative estimate of drug-likeness (QED) is 0.113. The van der Waals surface area contributed by atoms with Gasteiger partial charge in [-0.05, 0) is 144 Å². The van der Waals surface area contributed by atoms with E-state index in [1.165, 1.54) is 44.5 Å². The van der Waals surface area contributed by atoms with Gasteiger partial charge in [0.15, 0.2) is 23.3 Å².